The molecule has 0 amide bonds. The molecule has 0 saturated heterocycles. The van der Waals surface area contributed by atoms with Crippen LogP contribution in [-0.4, -0.2) is 12.6 Å². The first-order valence-corrected chi connectivity index (χ1v) is 8.58. The molecule has 0 radical (unpaired) electrons. The van der Waals surface area contributed by atoms with Gasteiger partial charge in [-0.15, -0.1) is 0 Å². The van der Waals surface area contributed by atoms with Crippen LogP contribution in [0, 0.1) is 0 Å². The minimum Gasteiger partial charge on any atom is -0.314 e. The zero-order valence-electron chi connectivity index (χ0n) is 13.3. The van der Waals surface area contributed by atoms with Gasteiger partial charge in [0.1, 0.15) is 0 Å². The molecule has 1 nitrogen and oxygen atoms in total. The second-order valence-electron chi connectivity index (χ2n) is 5.70. The van der Waals surface area contributed by atoms with Gasteiger partial charge < -0.3 is 5.32 Å². The van der Waals surface area contributed by atoms with Crippen molar-refractivity contribution in [2.75, 3.05) is 6.54 Å². The first-order valence-electron chi connectivity index (χ1n) is 8.58. The van der Waals surface area contributed by atoms with Gasteiger partial charge in [-0.1, -0.05) is 78.6 Å². The normalized spacial score (nSPS) is 12.8. The first-order chi connectivity index (χ1) is 8.85. The van der Waals surface area contributed by atoms with Crippen LogP contribution in [0.15, 0.2) is 0 Å². The van der Waals surface area contributed by atoms with E-state index >= 15 is 0 Å². The lowest BCUT2D eigenvalue weighted by molar-refractivity contribution is 0.414. The van der Waals surface area contributed by atoms with Crippen LogP contribution >= 0.6 is 0 Å². The van der Waals surface area contributed by atoms with Crippen LogP contribution in [-0.2, 0) is 0 Å². The van der Waals surface area contributed by atoms with Crippen molar-refractivity contribution in [1.82, 2.24) is 5.32 Å². The Balaban J connectivity index is 3.56. The highest BCUT2D eigenvalue weighted by Gasteiger charge is 2.06. The molecule has 0 heterocycles. The van der Waals surface area contributed by atoms with Crippen LogP contribution in [0.4, 0.5) is 0 Å². The highest BCUT2D eigenvalue weighted by molar-refractivity contribution is 4.67. The summed E-state index contributed by atoms with van der Waals surface area (Å²) in [7, 11) is 0. The van der Waals surface area contributed by atoms with Crippen LogP contribution < -0.4 is 5.32 Å². The van der Waals surface area contributed by atoms with Gasteiger partial charge in [-0.25, -0.2) is 0 Å². The Morgan fingerprint density at radius 3 is 1.78 bits per heavy atom. The van der Waals surface area contributed by atoms with Crippen LogP contribution in [0.2, 0.25) is 0 Å². The first kappa shape index (κ1) is 18.0. The summed E-state index contributed by atoms with van der Waals surface area (Å²) in [6.07, 6.45) is 16.6. The van der Waals surface area contributed by atoms with Crippen molar-refractivity contribution < 1.29 is 0 Å². The summed E-state index contributed by atoms with van der Waals surface area (Å²) in [5.41, 5.74) is 0. The fraction of sp³-hybridized carbons (Fsp3) is 1.00. The highest BCUT2D eigenvalue weighted by Crippen LogP contribution is 2.11. The van der Waals surface area contributed by atoms with Crippen molar-refractivity contribution in [2.24, 2.45) is 0 Å². The minimum atomic E-state index is 0.795. The van der Waals surface area contributed by atoms with Crippen molar-refractivity contribution in [3.05, 3.63) is 0 Å². The molecule has 0 saturated carbocycles. The number of hydrogen-bond acceptors (Lipinski definition) is 1. The van der Waals surface area contributed by atoms with E-state index < -0.39 is 0 Å². The Morgan fingerprint density at radius 2 is 1.17 bits per heavy atom. The average Bonchev–Trinajstić information content (AvgIpc) is 2.39. The van der Waals surface area contributed by atoms with Gasteiger partial charge in [-0.2, -0.15) is 0 Å². The Kier molecular flexibility index (Phi) is 15.0. The summed E-state index contributed by atoms with van der Waals surface area (Å²) in [5, 5.41) is 3.79. The molecule has 0 aliphatic rings. The molecule has 0 aromatic carbocycles. The van der Waals surface area contributed by atoms with Gasteiger partial charge in [0.2, 0.25) is 0 Å². The Morgan fingerprint density at radius 1 is 0.611 bits per heavy atom. The second kappa shape index (κ2) is 15.0. The Labute approximate surface area is 116 Å². The predicted octanol–water partition coefficient (Wildman–Crippen LogP) is 5.69. The molecule has 1 atom stereocenters. The van der Waals surface area contributed by atoms with Crippen LogP contribution in [0.5, 0.6) is 0 Å². The quantitative estimate of drug-likeness (QED) is 0.393. The van der Waals surface area contributed by atoms with Gasteiger partial charge in [-0.3, -0.25) is 0 Å². The van der Waals surface area contributed by atoms with Crippen molar-refractivity contribution in [3.63, 3.8) is 0 Å². The van der Waals surface area contributed by atoms with Crippen molar-refractivity contribution >= 4 is 0 Å². The zero-order chi connectivity index (χ0) is 13.5. The van der Waals surface area contributed by atoms with Crippen molar-refractivity contribution in [3.8, 4) is 0 Å². The van der Waals surface area contributed by atoms with E-state index in [1.165, 1.54) is 83.6 Å². The summed E-state index contributed by atoms with van der Waals surface area (Å²) >= 11 is 0. The highest BCUT2D eigenvalue weighted by atomic mass is 14.9. The smallest absolute Gasteiger partial charge is 0.00670 e. The molecule has 0 spiro atoms. The van der Waals surface area contributed by atoms with Gasteiger partial charge in [0, 0.05) is 6.04 Å². The molecule has 0 fully saturated rings. The molecule has 1 unspecified atom stereocenters. The number of unbranched alkanes of at least 4 members (excludes halogenated alkanes) is 7. The fourth-order valence-electron chi connectivity index (χ4n) is 2.47. The maximum absolute atomic E-state index is 3.79. The van der Waals surface area contributed by atoms with Gasteiger partial charge in [0.15, 0.2) is 0 Å². The van der Waals surface area contributed by atoms with E-state index in [2.05, 4.69) is 26.1 Å². The molecule has 0 bridgehead atoms. The molecule has 18 heavy (non-hydrogen) atoms. The monoisotopic (exact) mass is 255 g/mol. The van der Waals surface area contributed by atoms with Gasteiger partial charge >= 0.3 is 0 Å². The largest absolute Gasteiger partial charge is 0.314 e. The maximum atomic E-state index is 3.79. The third-order valence-corrected chi connectivity index (χ3v) is 3.78. The van der Waals surface area contributed by atoms with Gasteiger partial charge in [-0.05, 0) is 25.8 Å². The molecule has 1 N–H and O–H groups in total. The average molecular weight is 255 g/mol. The minimum absolute atomic E-state index is 0.795. The third kappa shape index (κ3) is 12.4. The molecular weight excluding hydrogens is 218 g/mol. The van der Waals surface area contributed by atoms with E-state index in [4.69, 9.17) is 0 Å². The van der Waals surface area contributed by atoms with Crippen LogP contribution in [0.25, 0.3) is 0 Å². The lowest BCUT2D eigenvalue weighted by atomic mass is 10.0. The molecule has 0 aliphatic heterocycles. The van der Waals surface area contributed by atoms with E-state index in [1.54, 1.807) is 0 Å². The fourth-order valence-corrected chi connectivity index (χ4v) is 2.47. The summed E-state index contributed by atoms with van der Waals surface area (Å²) in [6, 6.07) is 0.795. The topological polar surface area (TPSA) is 12.0 Å². The standard InChI is InChI=1S/C17H37N/c1-4-7-10-12-15-17(14-9-6-3)18-16-13-11-8-5-2/h17-18H,4-16H2,1-3H3. The lowest BCUT2D eigenvalue weighted by Crippen LogP contribution is -2.30. The van der Waals surface area contributed by atoms with E-state index in [-0.39, 0.29) is 0 Å². The Hall–Kier alpha value is -0.0400. The maximum Gasteiger partial charge on any atom is 0.00670 e. The predicted molar refractivity (Wildman–Crippen MR) is 84.2 cm³/mol. The zero-order valence-corrected chi connectivity index (χ0v) is 13.3. The lowest BCUT2D eigenvalue weighted by Gasteiger charge is -2.18. The van der Waals surface area contributed by atoms with E-state index in [0.717, 1.165) is 6.04 Å². The summed E-state index contributed by atoms with van der Waals surface area (Å²) in [6.45, 7) is 8.11. The number of nitrogens with one attached hydrogen (secondary N) is 1. The summed E-state index contributed by atoms with van der Waals surface area (Å²) < 4.78 is 0. The number of rotatable bonds is 14. The molecule has 0 rings (SSSR count). The Bertz CT molecular complexity index is 145. The van der Waals surface area contributed by atoms with Gasteiger partial charge in [0.25, 0.3) is 0 Å². The SMILES string of the molecule is CCCCCCNC(CCCC)CCCCCC. The van der Waals surface area contributed by atoms with Crippen molar-refractivity contribution in [1.29, 1.82) is 0 Å². The second-order valence-corrected chi connectivity index (χ2v) is 5.70. The molecule has 0 aromatic heterocycles. The van der Waals surface area contributed by atoms with E-state index in [1.807, 2.05) is 0 Å². The summed E-state index contributed by atoms with van der Waals surface area (Å²) in [5.74, 6) is 0. The van der Waals surface area contributed by atoms with Crippen LogP contribution in [0.1, 0.15) is 97.8 Å². The van der Waals surface area contributed by atoms with Crippen molar-refractivity contribution in [2.45, 2.75) is 104 Å². The van der Waals surface area contributed by atoms with Gasteiger partial charge in [0.05, 0.1) is 0 Å². The molecular formula is C17H37N. The molecule has 0 aromatic rings. The summed E-state index contributed by atoms with van der Waals surface area (Å²) in [4.78, 5) is 0. The van der Waals surface area contributed by atoms with Crippen LogP contribution in [0.3, 0.4) is 0 Å². The molecule has 0 aliphatic carbocycles. The number of hydrogen-bond donors (Lipinski definition) is 1. The van der Waals surface area contributed by atoms with E-state index in [0.29, 0.717) is 0 Å². The molecule has 110 valence electrons. The molecule has 1 heteroatoms. The third-order valence-electron chi connectivity index (χ3n) is 3.78. The van der Waals surface area contributed by atoms with E-state index in [9.17, 15) is 0 Å².